The highest BCUT2D eigenvalue weighted by Gasteiger charge is 2.39. The highest BCUT2D eigenvalue weighted by atomic mass is 35.5. The summed E-state index contributed by atoms with van der Waals surface area (Å²) in [6.45, 7) is 0.0519. The van der Waals surface area contributed by atoms with Crippen molar-refractivity contribution in [2.45, 2.75) is 50.4 Å². The Labute approximate surface area is 176 Å². The predicted octanol–water partition coefficient (Wildman–Crippen LogP) is 3.20. The summed E-state index contributed by atoms with van der Waals surface area (Å²) in [6.07, 6.45) is 7.26. The SMILES string of the molecule is O=C(O)CCC/C=C\C[C@@H]1[C@@H](/C=C/[C@H](O)COc2cccc(Cl)c2)[C@H](O)C[C@H]1O. The first-order valence-electron chi connectivity index (χ1n) is 9.84. The molecule has 4 N–H and O–H groups in total. The van der Waals surface area contributed by atoms with Crippen molar-refractivity contribution in [2.75, 3.05) is 6.61 Å². The van der Waals surface area contributed by atoms with Crippen LogP contribution in [0.1, 0.15) is 32.1 Å². The molecule has 29 heavy (non-hydrogen) atoms. The van der Waals surface area contributed by atoms with Crippen molar-refractivity contribution < 1.29 is 30.0 Å². The van der Waals surface area contributed by atoms with E-state index in [2.05, 4.69) is 0 Å². The summed E-state index contributed by atoms with van der Waals surface area (Å²) in [6, 6.07) is 6.90. The molecule has 0 aliphatic heterocycles. The second-order valence-electron chi connectivity index (χ2n) is 7.33. The zero-order valence-electron chi connectivity index (χ0n) is 16.2. The van der Waals surface area contributed by atoms with Crippen molar-refractivity contribution in [3.05, 3.63) is 53.6 Å². The minimum Gasteiger partial charge on any atom is -0.491 e. The molecule has 0 unspecified atom stereocenters. The molecule has 1 fully saturated rings. The number of carboxylic acids is 1. The average molecular weight is 425 g/mol. The van der Waals surface area contributed by atoms with Gasteiger partial charge in [0.25, 0.3) is 0 Å². The molecule has 5 atom stereocenters. The van der Waals surface area contributed by atoms with E-state index >= 15 is 0 Å². The fourth-order valence-corrected chi connectivity index (χ4v) is 3.68. The molecule has 0 bridgehead atoms. The van der Waals surface area contributed by atoms with Gasteiger partial charge in [0.1, 0.15) is 18.5 Å². The maximum absolute atomic E-state index is 10.5. The van der Waals surface area contributed by atoms with Crippen molar-refractivity contribution in [2.24, 2.45) is 11.8 Å². The van der Waals surface area contributed by atoms with Crippen LogP contribution in [0.15, 0.2) is 48.6 Å². The van der Waals surface area contributed by atoms with E-state index in [9.17, 15) is 20.1 Å². The van der Waals surface area contributed by atoms with Crippen molar-refractivity contribution in [3.63, 3.8) is 0 Å². The van der Waals surface area contributed by atoms with Crippen LogP contribution >= 0.6 is 11.6 Å². The standard InChI is InChI=1S/C22H29ClO6/c23-15-6-5-7-17(12-15)29-14-16(24)10-11-19-18(20(25)13-21(19)26)8-3-1-2-4-9-22(27)28/h1,3,5-7,10-12,16,18-21,24-26H,2,4,8-9,13-14H2,(H,27,28)/b3-1-,11-10+/t16-,18+,19+,20+,21+/m0/s1. The lowest BCUT2D eigenvalue weighted by atomic mass is 9.89. The molecule has 160 valence electrons. The lowest BCUT2D eigenvalue weighted by molar-refractivity contribution is -0.137. The molecule has 1 saturated carbocycles. The van der Waals surface area contributed by atoms with Gasteiger partial charge in [0, 0.05) is 23.8 Å². The molecule has 1 aliphatic carbocycles. The van der Waals surface area contributed by atoms with E-state index in [4.69, 9.17) is 21.4 Å². The fraction of sp³-hybridized carbons (Fsp3) is 0.500. The van der Waals surface area contributed by atoms with Gasteiger partial charge in [0.2, 0.25) is 0 Å². The number of hydrogen-bond acceptors (Lipinski definition) is 5. The fourth-order valence-electron chi connectivity index (χ4n) is 3.50. The minimum absolute atomic E-state index is 0.0519. The molecule has 1 aliphatic rings. The lowest BCUT2D eigenvalue weighted by Crippen LogP contribution is -2.21. The number of benzene rings is 1. The van der Waals surface area contributed by atoms with E-state index in [-0.39, 0.29) is 24.9 Å². The lowest BCUT2D eigenvalue weighted by Gasteiger charge is -2.19. The van der Waals surface area contributed by atoms with Crippen molar-refractivity contribution in [1.82, 2.24) is 0 Å². The third-order valence-electron chi connectivity index (χ3n) is 5.02. The summed E-state index contributed by atoms with van der Waals surface area (Å²) in [5.41, 5.74) is 0. The summed E-state index contributed by atoms with van der Waals surface area (Å²) in [5, 5.41) is 39.8. The van der Waals surface area contributed by atoms with Crippen LogP contribution in [0, 0.1) is 11.8 Å². The molecule has 0 heterocycles. The van der Waals surface area contributed by atoms with E-state index in [1.807, 2.05) is 12.2 Å². The first-order chi connectivity index (χ1) is 13.9. The largest absolute Gasteiger partial charge is 0.491 e. The highest BCUT2D eigenvalue weighted by Crippen LogP contribution is 2.36. The maximum atomic E-state index is 10.5. The van der Waals surface area contributed by atoms with E-state index in [1.165, 1.54) is 0 Å². The van der Waals surface area contributed by atoms with Crippen LogP contribution in [0.4, 0.5) is 0 Å². The summed E-state index contributed by atoms with van der Waals surface area (Å²) in [4.78, 5) is 10.5. The molecule has 7 heteroatoms. The Balaban J connectivity index is 1.83. The summed E-state index contributed by atoms with van der Waals surface area (Å²) < 4.78 is 5.51. The van der Waals surface area contributed by atoms with Gasteiger partial charge in [-0.1, -0.05) is 42.0 Å². The van der Waals surface area contributed by atoms with E-state index in [1.54, 1.807) is 36.4 Å². The first kappa shape index (κ1) is 23.4. The van der Waals surface area contributed by atoms with Gasteiger partial charge in [-0.3, -0.25) is 4.79 Å². The third kappa shape index (κ3) is 8.19. The Morgan fingerprint density at radius 3 is 2.79 bits per heavy atom. The minimum atomic E-state index is -0.855. The van der Waals surface area contributed by atoms with Crippen molar-refractivity contribution in [1.29, 1.82) is 0 Å². The number of halogens is 1. The third-order valence-corrected chi connectivity index (χ3v) is 5.26. The Kier molecular flexibility index (Phi) is 9.67. The molecule has 2 rings (SSSR count). The molecule has 0 saturated heterocycles. The number of aliphatic carboxylic acids is 1. The molecule has 1 aromatic carbocycles. The quantitative estimate of drug-likeness (QED) is 0.321. The number of carboxylic acid groups (broad SMARTS) is 1. The number of ether oxygens (including phenoxy) is 1. The second kappa shape index (κ2) is 12.0. The molecule has 0 spiro atoms. The number of hydrogen-bond donors (Lipinski definition) is 4. The van der Waals surface area contributed by atoms with Gasteiger partial charge in [-0.2, -0.15) is 0 Å². The molecule has 0 amide bonds. The van der Waals surface area contributed by atoms with Gasteiger partial charge >= 0.3 is 5.97 Å². The Hall–Kier alpha value is -1.86. The molecule has 1 aromatic rings. The van der Waals surface area contributed by atoms with Crippen LogP contribution in [0.3, 0.4) is 0 Å². The Bertz CT molecular complexity index is 704. The van der Waals surface area contributed by atoms with Crippen molar-refractivity contribution >= 4 is 17.6 Å². The predicted molar refractivity (Wildman–Crippen MR) is 111 cm³/mol. The average Bonchev–Trinajstić information content (AvgIpc) is 2.93. The highest BCUT2D eigenvalue weighted by molar-refractivity contribution is 6.30. The number of allylic oxidation sites excluding steroid dienone is 2. The summed E-state index contributed by atoms with van der Waals surface area (Å²) >= 11 is 5.90. The van der Waals surface area contributed by atoms with Crippen molar-refractivity contribution in [3.8, 4) is 5.75 Å². The van der Waals surface area contributed by atoms with Crippen LogP contribution in [0.25, 0.3) is 0 Å². The zero-order chi connectivity index (χ0) is 21.2. The monoisotopic (exact) mass is 424 g/mol. The van der Waals surface area contributed by atoms with Gasteiger partial charge in [0.15, 0.2) is 0 Å². The number of carbonyl (C=O) groups is 1. The topological polar surface area (TPSA) is 107 Å². The Morgan fingerprint density at radius 1 is 1.28 bits per heavy atom. The number of rotatable bonds is 11. The van der Waals surface area contributed by atoms with Crippen LogP contribution < -0.4 is 4.74 Å². The molecular formula is C22H29ClO6. The van der Waals surface area contributed by atoms with E-state index in [0.29, 0.717) is 36.5 Å². The van der Waals surface area contributed by atoms with Gasteiger partial charge in [-0.25, -0.2) is 0 Å². The van der Waals surface area contributed by atoms with Crippen LogP contribution in [0.5, 0.6) is 5.75 Å². The zero-order valence-corrected chi connectivity index (χ0v) is 17.0. The van der Waals surface area contributed by atoms with E-state index < -0.39 is 24.3 Å². The first-order valence-corrected chi connectivity index (χ1v) is 10.2. The number of aliphatic hydroxyl groups is 3. The summed E-state index contributed by atoms with van der Waals surface area (Å²) in [7, 11) is 0. The normalized spacial score (nSPS) is 25.7. The number of unbranched alkanes of at least 4 members (excludes halogenated alkanes) is 1. The smallest absolute Gasteiger partial charge is 0.303 e. The molecule has 6 nitrogen and oxygen atoms in total. The Morgan fingerprint density at radius 2 is 2.07 bits per heavy atom. The van der Waals surface area contributed by atoms with Gasteiger partial charge in [-0.05, 0) is 43.4 Å². The van der Waals surface area contributed by atoms with Gasteiger partial charge < -0.3 is 25.2 Å². The van der Waals surface area contributed by atoms with Gasteiger partial charge in [0.05, 0.1) is 12.2 Å². The van der Waals surface area contributed by atoms with Crippen LogP contribution in [-0.4, -0.2) is 51.3 Å². The summed E-state index contributed by atoms with van der Waals surface area (Å²) in [5.74, 6) is -0.671. The molecule has 0 aromatic heterocycles. The van der Waals surface area contributed by atoms with Crippen LogP contribution in [0.2, 0.25) is 5.02 Å². The molecule has 0 radical (unpaired) electrons. The van der Waals surface area contributed by atoms with E-state index in [0.717, 1.165) is 0 Å². The second-order valence-corrected chi connectivity index (χ2v) is 7.76. The maximum Gasteiger partial charge on any atom is 0.303 e. The van der Waals surface area contributed by atoms with Crippen LogP contribution in [-0.2, 0) is 4.79 Å². The molecular weight excluding hydrogens is 396 g/mol. The van der Waals surface area contributed by atoms with Gasteiger partial charge in [-0.15, -0.1) is 0 Å². The number of aliphatic hydroxyl groups excluding tert-OH is 3.